The van der Waals surface area contributed by atoms with Gasteiger partial charge in [-0.2, -0.15) is 0 Å². The minimum Gasteiger partial charge on any atom is -0.497 e. The van der Waals surface area contributed by atoms with Gasteiger partial charge >= 0.3 is 0 Å². The highest BCUT2D eigenvalue weighted by molar-refractivity contribution is 9.10. The number of hydrogen-bond acceptors (Lipinski definition) is 6. The summed E-state index contributed by atoms with van der Waals surface area (Å²) in [6, 6.07) is 25.3. The van der Waals surface area contributed by atoms with Crippen LogP contribution in [0.3, 0.4) is 0 Å². The quantitative estimate of drug-likeness (QED) is 0.148. The van der Waals surface area contributed by atoms with E-state index in [4.69, 9.17) is 4.74 Å². The number of halogens is 1. The van der Waals surface area contributed by atoms with E-state index < -0.39 is 0 Å². The van der Waals surface area contributed by atoms with E-state index in [-0.39, 0.29) is 17.9 Å². The first-order valence-electron chi connectivity index (χ1n) is 14.1. The zero-order valence-corrected chi connectivity index (χ0v) is 26.2. The predicted molar refractivity (Wildman–Crippen MR) is 169 cm³/mol. The van der Waals surface area contributed by atoms with Gasteiger partial charge in [-0.25, -0.2) is 0 Å². The summed E-state index contributed by atoms with van der Waals surface area (Å²) in [5.74, 6) is 2.55. The second-order valence-corrected chi connectivity index (χ2v) is 12.2. The second-order valence-electron chi connectivity index (χ2n) is 10.2. The maximum atomic E-state index is 13.0. The Balaban J connectivity index is 1.13. The molecule has 2 heterocycles. The van der Waals surface area contributed by atoms with Crippen LogP contribution in [-0.2, 0) is 4.79 Å². The summed E-state index contributed by atoms with van der Waals surface area (Å²) in [6.07, 6.45) is 2.17. The highest BCUT2D eigenvalue weighted by Gasteiger charge is 2.30. The maximum absolute atomic E-state index is 13.0. The van der Waals surface area contributed by atoms with Gasteiger partial charge in [0.1, 0.15) is 5.75 Å². The minimum absolute atomic E-state index is 0.0111. The number of piperazine rings is 1. The van der Waals surface area contributed by atoms with Crippen LogP contribution >= 0.6 is 27.7 Å². The van der Waals surface area contributed by atoms with Crippen molar-refractivity contribution in [1.29, 1.82) is 0 Å². The van der Waals surface area contributed by atoms with Gasteiger partial charge in [-0.15, -0.1) is 10.2 Å². The molecule has 0 spiro atoms. The molecule has 0 aliphatic carbocycles. The number of carbonyl (C=O) groups is 2. The predicted octanol–water partition coefficient (Wildman–Crippen LogP) is 6.34. The number of benzene rings is 3. The Hall–Kier alpha value is -3.63. The molecule has 1 fully saturated rings. The largest absolute Gasteiger partial charge is 0.497 e. The van der Waals surface area contributed by atoms with Gasteiger partial charge in [-0.3, -0.25) is 14.2 Å². The summed E-state index contributed by atoms with van der Waals surface area (Å²) in [6.45, 7) is 3.68. The number of methoxy groups -OCH3 is 1. The monoisotopic (exact) mass is 647 g/mol. The minimum atomic E-state index is -0.0301. The molecule has 0 saturated carbocycles. The molecule has 1 aliphatic heterocycles. The highest BCUT2D eigenvalue weighted by Crippen LogP contribution is 2.29. The van der Waals surface area contributed by atoms with Crippen LogP contribution in [0, 0.1) is 0 Å². The Morgan fingerprint density at radius 3 is 2.38 bits per heavy atom. The van der Waals surface area contributed by atoms with Gasteiger partial charge < -0.3 is 14.5 Å². The number of amides is 2. The summed E-state index contributed by atoms with van der Waals surface area (Å²) >= 11 is 5.06. The second kappa shape index (κ2) is 14.0. The lowest BCUT2D eigenvalue weighted by Crippen LogP contribution is -2.55. The number of carbonyl (C=O) groups excluding carboxylic acids is 2. The van der Waals surface area contributed by atoms with Crippen molar-refractivity contribution in [1.82, 2.24) is 24.6 Å². The lowest BCUT2D eigenvalue weighted by atomic mass is 10.1. The van der Waals surface area contributed by atoms with Crippen molar-refractivity contribution in [2.24, 2.45) is 0 Å². The van der Waals surface area contributed by atoms with E-state index in [0.717, 1.165) is 51.0 Å². The Labute approximate surface area is 259 Å². The molecule has 8 nitrogen and oxygen atoms in total. The van der Waals surface area contributed by atoms with Gasteiger partial charge in [0.2, 0.25) is 5.91 Å². The average Bonchev–Trinajstić information content (AvgIpc) is 3.45. The van der Waals surface area contributed by atoms with Gasteiger partial charge in [-0.05, 0) is 68.3 Å². The van der Waals surface area contributed by atoms with Crippen LogP contribution in [0.25, 0.3) is 17.1 Å². The first kappa shape index (κ1) is 29.8. The van der Waals surface area contributed by atoms with Gasteiger partial charge in [0, 0.05) is 59.1 Å². The zero-order chi connectivity index (χ0) is 29.5. The fraction of sp³-hybridized carbons (Fsp3) is 0.312. The molecule has 1 unspecified atom stereocenters. The molecule has 2 amide bonds. The third kappa shape index (κ3) is 7.04. The van der Waals surface area contributed by atoms with E-state index in [1.54, 1.807) is 18.9 Å². The molecular weight excluding hydrogens is 614 g/mol. The van der Waals surface area contributed by atoms with Crippen molar-refractivity contribution in [2.45, 2.75) is 37.4 Å². The van der Waals surface area contributed by atoms with Crippen molar-refractivity contribution in [3.8, 4) is 22.8 Å². The molecule has 0 bridgehead atoms. The molecule has 42 heavy (non-hydrogen) atoms. The molecule has 1 saturated heterocycles. The van der Waals surface area contributed by atoms with Crippen LogP contribution in [0.15, 0.2) is 88.5 Å². The number of nitrogens with zero attached hydrogens (tertiary/aromatic N) is 5. The molecular formula is C32H34BrN5O3S. The number of rotatable bonds is 10. The molecule has 0 N–H and O–H groups in total. The van der Waals surface area contributed by atoms with E-state index in [9.17, 15) is 9.59 Å². The summed E-state index contributed by atoms with van der Waals surface area (Å²) < 4.78 is 8.35. The Morgan fingerprint density at radius 1 is 0.952 bits per heavy atom. The van der Waals surface area contributed by atoms with Gasteiger partial charge in [0.25, 0.3) is 5.91 Å². The van der Waals surface area contributed by atoms with E-state index in [1.165, 1.54) is 0 Å². The van der Waals surface area contributed by atoms with Crippen LogP contribution in [-0.4, -0.2) is 74.9 Å². The van der Waals surface area contributed by atoms with Crippen LogP contribution < -0.4 is 4.74 Å². The smallest absolute Gasteiger partial charge is 0.254 e. The van der Waals surface area contributed by atoms with Crippen molar-refractivity contribution in [3.63, 3.8) is 0 Å². The standard InChI is InChI=1S/C32H34BrN5O3S/c1-23-22-36(19-20-37(23)31(40)25-11-13-26(33)14-12-25)29(39)10-6-7-21-42-32-35-34-30(24-8-4-3-5-9-24)38(32)27-15-17-28(41-2)18-16-27/h3-5,8-9,11-18,23H,6-7,10,19-22H2,1-2H3. The SMILES string of the molecule is COc1ccc(-n2c(SCCCCC(=O)N3CCN(C(=O)c4ccc(Br)cc4)C(C)C3)nnc2-c2ccccc2)cc1. The fourth-order valence-electron chi connectivity index (χ4n) is 5.05. The van der Waals surface area contributed by atoms with Crippen molar-refractivity contribution in [2.75, 3.05) is 32.5 Å². The molecule has 1 aliphatic rings. The van der Waals surface area contributed by atoms with Crippen LogP contribution in [0.5, 0.6) is 5.75 Å². The number of ether oxygens (including phenoxy) is 1. The van der Waals surface area contributed by atoms with Gasteiger partial charge in [-0.1, -0.05) is 58.0 Å². The van der Waals surface area contributed by atoms with E-state index in [1.807, 2.05) is 95.6 Å². The summed E-state index contributed by atoms with van der Waals surface area (Å²) in [4.78, 5) is 29.7. The Kier molecular flexibility index (Phi) is 9.97. The molecule has 4 aromatic rings. The fourth-order valence-corrected chi connectivity index (χ4v) is 6.26. The van der Waals surface area contributed by atoms with Gasteiger partial charge in [0.15, 0.2) is 11.0 Å². The average molecular weight is 649 g/mol. The first-order chi connectivity index (χ1) is 20.4. The topological polar surface area (TPSA) is 80.6 Å². The molecule has 218 valence electrons. The molecule has 5 rings (SSSR count). The number of unbranched alkanes of at least 4 members (excludes halogenated alkanes) is 1. The number of aromatic nitrogens is 3. The molecule has 1 aromatic heterocycles. The third-order valence-corrected chi connectivity index (χ3v) is 8.89. The normalized spacial score (nSPS) is 15.1. The lowest BCUT2D eigenvalue weighted by Gasteiger charge is -2.40. The molecule has 0 radical (unpaired) electrons. The van der Waals surface area contributed by atoms with Crippen molar-refractivity contribution >= 4 is 39.5 Å². The van der Waals surface area contributed by atoms with E-state index in [2.05, 4.69) is 30.7 Å². The highest BCUT2D eigenvalue weighted by atomic mass is 79.9. The lowest BCUT2D eigenvalue weighted by molar-refractivity contribution is -0.133. The van der Waals surface area contributed by atoms with Crippen molar-refractivity contribution in [3.05, 3.63) is 88.9 Å². The van der Waals surface area contributed by atoms with E-state index in [0.29, 0.717) is 31.6 Å². The summed E-state index contributed by atoms with van der Waals surface area (Å²) in [7, 11) is 1.65. The van der Waals surface area contributed by atoms with Crippen LogP contribution in [0.4, 0.5) is 0 Å². The van der Waals surface area contributed by atoms with Crippen LogP contribution in [0.1, 0.15) is 36.5 Å². The molecule has 1 atom stereocenters. The molecule has 3 aromatic carbocycles. The number of hydrogen-bond donors (Lipinski definition) is 0. The van der Waals surface area contributed by atoms with Gasteiger partial charge in [0.05, 0.1) is 7.11 Å². The van der Waals surface area contributed by atoms with Crippen LogP contribution in [0.2, 0.25) is 0 Å². The number of thioether (sulfide) groups is 1. The Morgan fingerprint density at radius 2 is 1.69 bits per heavy atom. The van der Waals surface area contributed by atoms with Crippen molar-refractivity contribution < 1.29 is 14.3 Å². The first-order valence-corrected chi connectivity index (χ1v) is 15.8. The summed E-state index contributed by atoms with van der Waals surface area (Å²) in [5.41, 5.74) is 2.62. The zero-order valence-electron chi connectivity index (χ0n) is 23.8. The third-order valence-electron chi connectivity index (χ3n) is 7.34. The Bertz CT molecular complexity index is 1500. The summed E-state index contributed by atoms with van der Waals surface area (Å²) in [5, 5.41) is 9.83. The molecule has 10 heteroatoms. The maximum Gasteiger partial charge on any atom is 0.254 e. The van der Waals surface area contributed by atoms with E-state index >= 15 is 0 Å².